The first kappa shape index (κ1) is 24.6. The van der Waals surface area contributed by atoms with E-state index in [-0.39, 0.29) is 12.0 Å². The van der Waals surface area contributed by atoms with Gasteiger partial charge in [-0.3, -0.25) is 9.69 Å². The highest BCUT2D eigenvalue weighted by Gasteiger charge is 2.22. The Bertz CT molecular complexity index is 539. The van der Waals surface area contributed by atoms with Crippen molar-refractivity contribution in [2.45, 2.75) is 52.2 Å². The molecule has 1 aliphatic rings. The maximum absolute atomic E-state index is 12.9. The molecule has 0 radical (unpaired) electrons. The van der Waals surface area contributed by atoms with Crippen molar-refractivity contribution in [1.29, 1.82) is 0 Å². The first-order chi connectivity index (χ1) is 13.4. The van der Waals surface area contributed by atoms with Crippen molar-refractivity contribution in [2.75, 3.05) is 45.8 Å². The van der Waals surface area contributed by atoms with Crippen LogP contribution in [0.1, 0.15) is 40.0 Å². The lowest BCUT2D eigenvalue weighted by molar-refractivity contribution is -0.126. The predicted octanol–water partition coefficient (Wildman–Crippen LogP) is 1.71. The molecule has 0 bridgehead atoms. The molecule has 0 aliphatic carbocycles. The van der Waals surface area contributed by atoms with E-state index >= 15 is 0 Å². The fourth-order valence-corrected chi connectivity index (χ4v) is 3.32. The van der Waals surface area contributed by atoms with Gasteiger partial charge >= 0.3 is 0 Å². The third kappa shape index (κ3) is 9.15. The number of rotatable bonds is 13. The van der Waals surface area contributed by atoms with E-state index in [4.69, 9.17) is 0 Å². The molecule has 0 aromatic carbocycles. The van der Waals surface area contributed by atoms with Crippen LogP contribution in [-0.2, 0) is 4.79 Å². The molecule has 0 aromatic heterocycles. The lowest BCUT2D eigenvalue weighted by Crippen LogP contribution is -2.38. The van der Waals surface area contributed by atoms with Gasteiger partial charge in [-0.2, -0.15) is 0 Å². The summed E-state index contributed by atoms with van der Waals surface area (Å²) >= 11 is 0. The van der Waals surface area contributed by atoms with Gasteiger partial charge < -0.3 is 20.4 Å². The molecule has 1 fully saturated rings. The first-order valence-electron chi connectivity index (χ1n) is 10.5. The second-order valence-corrected chi connectivity index (χ2v) is 7.56. The molecule has 0 aromatic rings. The van der Waals surface area contributed by atoms with Gasteiger partial charge in [0.15, 0.2) is 0 Å². The summed E-state index contributed by atoms with van der Waals surface area (Å²) in [6, 6.07) is 0. The number of aliphatic hydroxyl groups is 2. The zero-order valence-electron chi connectivity index (χ0n) is 17.9. The summed E-state index contributed by atoms with van der Waals surface area (Å²) in [5.41, 5.74) is 1.60. The zero-order valence-corrected chi connectivity index (χ0v) is 17.9. The third-order valence-corrected chi connectivity index (χ3v) is 4.79. The Hall–Kier alpha value is -1.47. The molecule has 1 aliphatic heterocycles. The Balaban J connectivity index is 2.62. The number of aliphatic hydroxyl groups excluding tert-OH is 2. The van der Waals surface area contributed by atoms with Crippen LogP contribution < -0.4 is 5.32 Å². The highest BCUT2D eigenvalue weighted by atomic mass is 16.3. The molecular formula is C22H39N3O3. The molecular weight excluding hydrogens is 354 g/mol. The van der Waals surface area contributed by atoms with Crippen LogP contribution in [0, 0.1) is 0 Å². The monoisotopic (exact) mass is 393 g/mol. The summed E-state index contributed by atoms with van der Waals surface area (Å²) in [7, 11) is 0. The van der Waals surface area contributed by atoms with E-state index in [0.717, 1.165) is 44.5 Å². The largest absolute Gasteiger partial charge is 0.392 e. The Morgan fingerprint density at radius 2 is 2.04 bits per heavy atom. The Morgan fingerprint density at radius 3 is 2.57 bits per heavy atom. The SMILES string of the molecule is C=C/C(C)=C\C(=C/CNCC(O)CN1CCC(O)C1)C(=O)N(CCC)CCC. The van der Waals surface area contributed by atoms with Crippen molar-refractivity contribution in [2.24, 2.45) is 0 Å². The van der Waals surface area contributed by atoms with Gasteiger partial charge in [0.1, 0.15) is 0 Å². The molecule has 3 N–H and O–H groups in total. The average molecular weight is 394 g/mol. The zero-order chi connectivity index (χ0) is 20.9. The van der Waals surface area contributed by atoms with E-state index in [1.165, 1.54) is 0 Å². The van der Waals surface area contributed by atoms with Crippen molar-refractivity contribution >= 4 is 5.91 Å². The fourth-order valence-electron chi connectivity index (χ4n) is 3.32. The molecule has 2 atom stereocenters. The smallest absolute Gasteiger partial charge is 0.253 e. The van der Waals surface area contributed by atoms with Crippen LogP contribution in [0.3, 0.4) is 0 Å². The van der Waals surface area contributed by atoms with E-state index in [1.54, 1.807) is 6.08 Å². The van der Waals surface area contributed by atoms with Crippen molar-refractivity contribution in [3.8, 4) is 0 Å². The lowest BCUT2D eigenvalue weighted by Gasteiger charge is -2.22. The van der Waals surface area contributed by atoms with Gasteiger partial charge in [-0.25, -0.2) is 0 Å². The van der Waals surface area contributed by atoms with Crippen molar-refractivity contribution in [1.82, 2.24) is 15.1 Å². The van der Waals surface area contributed by atoms with Crippen LogP contribution in [0.25, 0.3) is 0 Å². The number of nitrogens with one attached hydrogen (secondary N) is 1. The van der Waals surface area contributed by atoms with E-state index < -0.39 is 6.10 Å². The van der Waals surface area contributed by atoms with Gasteiger partial charge in [-0.15, -0.1) is 0 Å². The number of likely N-dealkylation sites (tertiary alicyclic amines) is 1. The molecule has 0 spiro atoms. The highest BCUT2D eigenvalue weighted by Crippen LogP contribution is 2.10. The van der Waals surface area contributed by atoms with Crippen LogP contribution in [0.2, 0.25) is 0 Å². The number of hydrogen-bond donors (Lipinski definition) is 3. The molecule has 0 saturated carbocycles. The Labute approximate surface area is 170 Å². The predicted molar refractivity (Wildman–Crippen MR) is 115 cm³/mol. The molecule has 6 heteroatoms. The van der Waals surface area contributed by atoms with Crippen LogP contribution in [0.5, 0.6) is 0 Å². The minimum absolute atomic E-state index is 0.0401. The molecule has 2 unspecified atom stereocenters. The van der Waals surface area contributed by atoms with Gasteiger partial charge in [0, 0.05) is 51.4 Å². The second-order valence-electron chi connectivity index (χ2n) is 7.56. The van der Waals surface area contributed by atoms with Gasteiger partial charge in [-0.05, 0) is 32.3 Å². The Morgan fingerprint density at radius 1 is 1.36 bits per heavy atom. The summed E-state index contributed by atoms with van der Waals surface area (Å²) in [6.07, 6.45) is 7.36. The second kappa shape index (κ2) is 13.7. The molecule has 6 nitrogen and oxygen atoms in total. The average Bonchev–Trinajstić information content (AvgIpc) is 3.07. The summed E-state index contributed by atoms with van der Waals surface area (Å²) < 4.78 is 0. The van der Waals surface area contributed by atoms with Crippen LogP contribution >= 0.6 is 0 Å². The minimum Gasteiger partial charge on any atom is -0.392 e. The molecule has 160 valence electrons. The molecule has 28 heavy (non-hydrogen) atoms. The number of β-amino-alcohol motifs (C(OH)–C–C–N with tert-alkyl or cyclic N) is 2. The molecule has 1 saturated heterocycles. The third-order valence-electron chi connectivity index (χ3n) is 4.79. The maximum atomic E-state index is 12.9. The maximum Gasteiger partial charge on any atom is 0.253 e. The van der Waals surface area contributed by atoms with E-state index in [0.29, 0.717) is 31.8 Å². The van der Waals surface area contributed by atoms with E-state index in [2.05, 4.69) is 30.6 Å². The summed E-state index contributed by atoms with van der Waals surface area (Å²) in [5.74, 6) is 0.0401. The number of allylic oxidation sites excluding steroid dienone is 2. The van der Waals surface area contributed by atoms with Gasteiger partial charge in [0.25, 0.3) is 5.91 Å². The topological polar surface area (TPSA) is 76.0 Å². The number of carbonyl (C=O) groups excluding carboxylic acids is 1. The van der Waals surface area contributed by atoms with Crippen molar-refractivity contribution in [3.05, 3.63) is 36.0 Å². The standard InChI is InChI=1S/C22H39N3O3/c1-5-11-25(12-6-2)22(28)19(14-18(4)7-3)8-10-23-15-21(27)17-24-13-9-20(26)16-24/h7-8,14,20-21,23,26-27H,3,5-6,9-13,15-17H2,1-2,4H3/b18-14-,19-8+. The number of carbonyl (C=O) groups is 1. The number of hydrogen-bond acceptors (Lipinski definition) is 5. The molecule has 1 rings (SSSR count). The van der Waals surface area contributed by atoms with Gasteiger partial charge in [0.05, 0.1) is 12.2 Å². The normalized spacial score (nSPS) is 19.7. The molecule has 1 amide bonds. The van der Waals surface area contributed by atoms with Gasteiger partial charge in [0.2, 0.25) is 0 Å². The minimum atomic E-state index is -0.500. The molecule has 1 heterocycles. The van der Waals surface area contributed by atoms with E-state index in [9.17, 15) is 15.0 Å². The summed E-state index contributed by atoms with van der Waals surface area (Å²) in [6.45, 7) is 14.3. The summed E-state index contributed by atoms with van der Waals surface area (Å²) in [4.78, 5) is 16.9. The van der Waals surface area contributed by atoms with Crippen LogP contribution in [0.4, 0.5) is 0 Å². The lowest BCUT2D eigenvalue weighted by atomic mass is 10.1. The number of nitrogens with zero attached hydrogens (tertiary/aromatic N) is 2. The first-order valence-corrected chi connectivity index (χ1v) is 10.5. The van der Waals surface area contributed by atoms with Gasteiger partial charge in [-0.1, -0.05) is 38.2 Å². The summed E-state index contributed by atoms with van der Waals surface area (Å²) in [5, 5.41) is 22.9. The van der Waals surface area contributed by atoms with Crippen molar-refractivity contribution < 1.29 is 15.0 Å². The van der Waals surface area contributed by atoms with E-state index in [1.807, 2.05) is 24.0 Å². The highest BCUT2D eigenvalue weighted by molar-refractivity contribution is 5.96. The quantitative estimate of drug-likeness (QED) is 0.252. The van der Waals surface area contributed by atoms with Crippen LogP contribution in [0.15, 0.2) is 36.0 Å². The Kier molecular flexibility index (Phi) is 12.0. The fraction of sp³-hybridized carbons (Fsp3) is 0.682. The van der Waals surface area contributed by atoms with Crippen LogP contribution in [-0.4, -0.2) is 83.9 Å². The number of amides is 1. The van der Waals surface area contributed by atoms with Crippen molar-refractivity contribution in [3.63, 3.8) is 0 Å².